The normalized spacial score (nSPS) is 19.6. The Kier molecular flexibility index (Phi) is 6.55. The number of primary amides is 1. The zero-order valence-electron chi connectivity index (χ0n) is 22.0. The third-order valence-electron chi connectivity index (χ3n) is 8.05. The number of likely N-dealkylation sites (N-methyl/N-ethyl adjacent to an activating group) is 1. The molecular formula is C31H34N6O. The Bertz CT molecular complexity index is 1420. The first-order valence-electron chi connectivity index (χ1n) is 13.4. The van der Waals surface area contributed by atoms with E-state index in [4.69, 9.17) is 5.73 Å². The first kappa shape index (κ1) is 24.5. The van der Waals surface area contributed by atoms with E-state index < -0.39 is 5.91 Å². The maximum Gasteiger partial charge on any atom is 0.288 e. The number of aryl methyl sites for hydroxylation is 1. The summed E-state index contributed by atoms with van der Waals surface area (Å²) < 4.78 is 1.64. The van der Waals surface area contributed by atoms with Gasteiger partial charge in [0.25, 0.3) is 5.91 Å². The number of likely N-dealkylation sites (tertiary alicyclic amines) is 2. The lowest BCUT2D eigenvalue weighted by atomic mass is 9.99. The molecule has 1 aromatic heterocycles. The first-order valence-corrected chi connectivity index (χ1v) is 13.4. The highest BCUT2D eigenvalue weighted by molar-refractivity contribution is 5.88. The van der Waals surface area contributed by atoms with Gasteiger partial charge in [0.1, 0.15) is 5.82 Å². The molecule has 7 heteroatoms. The van der Waals surface area contributed by atoms with E-state index in [9.17, 15) is 4.79 Å². The Labute approximate surface area is 223 Å². The summed E-state index contributed by atoms with van der Waals surface area (Å²) in [6.07, 6.45) is 2.18. The van der Waals surface area contributed by atoms with E-state index in [1.807, 2.05) is 12.1 Å². The molecule has 0 aliphatic carbocycles. The van der Waals surface area contributed by atoms with E-state index in [2.05, 4.69) is 87.6 Å². The van der Waals surface area contributed by atoms with Gasteiger partial charge in [0.15, 0.2) is 0 Å². The lowest BCUT2D eigenvalue weighted by Gasteiger charge is -2.24. The van der Waals surface area contributed by atoms with Crippen molar-refractivity contribution in [3.63, 3.8) is 0 Å². The molecule has 0 saturated carbocycles. The van der Waals surface area contributed by atoms with E-state index in [0.717, 1.165) is 30.6 Å². The second kappa shape index (κ2) is 10.2. The zero-order valence-corrected chi connectivity index (χ0v) is 22.0. The minimum absolute atomic E-state index is 0.0307. The predicted octanol–water partition coefficient (Wildman–Crippen LogP) is 4.07. The van der Waals surface area contributed by atoms with Crippen LogP contribution in [0.4, 0.5) is 0 Å². The van der Waals surface area contributed by atoms with Crippen molar-refractivity contribution in [2.75, 3.05) is 26.7 Å². The number of rotatable bonds is 7. The molecule has 38 heavy (non-hydrogen) atoms. The molecular weight excluding hydrogens is 472 g/mol. The molecule has 1 amide bonds. The van der Waals surface area contributed by atoms with Crippen molar-refractivity contribution in [1.29, 1.82) is 0 Å². The van der Waals surface area contributed by atoms with Crippen LogP contribution < -0.4 is 5.73 Å². The van der Waals surface area contributed by atoms with E-state index in [0.29, 0.717) is 5.82 Å². The minimum Gasteiger partial charge on any atom is -0.363 e. The molecule has 3 heterocycles. The number of carbonyl (C=O) groups is 1. The summed E-state index contributed by atoms with van der Waals surface area (Å²) >= 11 is 0. The number of nitrogens with zero attached hydrogens (tertiary/aromatic N) is 5. The molecule has 2 atom stereocenters. The van der Waals surface area contributed by atoms with Gasteiger partial charge in [-0.2, -0.15) is 0 Å². The number of nitrogens with two attached hydrogens (primary N) is 1. The average Bonchev–Trinajstić information content (AvgIpc) is 3.60. The Morgan fingerprint density at radius 2 is 1.50 bits per heavy atom. The Hall–Kier alpha value is -3.81. The van der Waals surface area contributed by atoms with Gasteiger partial charge in [0.05, 0.1) is 5.69 Å². The molecule has 0 spiro atoms. The number of benzene rings is 3. The molecule has 7 nitrogen and oxygen atoms in total. The number of hydrogen-bond donors (Lipinski definition) is 1. The minimum atomic E-state index is -0.625. The summed E-state index contributed by atoms with van der Waals surface area (Å²) in [6, 6.07) is 26.8. The highest BCUT2D eigenvalue weighted by Gasteiger charge is 2.39. The van der Waals surface area contributed by atoms with Gasteiger partial charge in [-0.3, -0.25) is 9.69 Å². The first-order chi connectivity index (χ1) is 18.4. The molecule has 0 radical (unpaired) electrons. The maximum absolute atomic E-state index is 11.4. The van der Waals surface area contributed by atoms with Crippen molar-refractivity contribution in [2.24, 2.45) is 11.7 Å². The van der Waals surface area contributed by atoms with Crippen LogP contribution in [-0.2, 0) is 13.0 Å². The van der Waals surface area contributed by atoms with E-state index in [1.165, 1.54) is 53.9 Å². The van der Waals surface area contributed by atoms with Gasteiger partial charge in [-0.1, -0.05) is 60.7 Å². The number of fused-ring (bicyclic) bond motifs is 1. The van der Waals surface area contributed by atoms with Gasteiger partial charge in [-0.05, 0) is 79.2 Å². The molecule has 2 fully saturated rings. The van der Waals surface area contributed by atoms with Crippen molar-refractivity contribution < 1.29 is 4.79 Å². The lowest BCUT2D eigenvalue weighted by molar-refractivity contribution is 0.0990. The summed E-state index contributed by atoms with van der Waals surface area (Å²) in [5.41, 5.74) is 12.5. The SMILES string of the molecule is Cc1nc(C(N)=O)nn1-c1ccc(Cc2ccc(-c3ccc(CN4CC[C@@H]5CN(C)CC54)cc3)cc2)cc1. The summed E-state index contributed by atoms with van der Waals surface area (Å²) in [6.45, 7) is 6.54. The molecule has 4 aromatic rings. The fourth-order valence-electron chi connectivity index (χ4n) is 6.04. The number of amides is 1. The van der Waals surface area contributed by atoms with E-state index >= 15 is 0 Å². The fraction of sp³-hybridized carbons (Fsp3) is 0.323. The van der Waals surface area contributed by atoms with Crippen LogP contribution in [0, 0.1) is 12.8 Å². The molecule has 0 bridgehead atoms. The van der Waals surface area contributed by atoms with Crippen molar-refractivity contribution in [2.45, 2.75) is 32.4 Å². The Morgan fingerprint density at radius 3 is 2.11 bits per heavy atom. The maximum atomic E-state index is 11.4. The molecule has 194 valence electrons. The van der Waals surface area contributed by atoms with Crippen LogP contribution in [0.3, 0.4) is 0 Å². The number of carbonyl (C=O) groups excluding carboxylic acids is 1. The quantitative estimate of drug-likeness (QED) is 0.409. The summed E-state index contributed by atoms with van der Waals surface area (Å²) in [5.74, 6) is 0.884. The van der Waals surface area contributed by atoms with Gasteiger partial charge in [-0.15, -0.1) is 5.10 Å². The van der Waals surface area contributed by atoms with Crippen molar-refractivity contribution >= 4 is 5.91 Å². The molecule has 2 saturated heterocycles. The second-order valence-corrected chi connectivity index (χ2v) is 10.8. The topological polar surface area (TPSA) is 80.3 Å². The fourth-order valence-corrected chi connectivity index (χ4v) is 6.04. The van der Waals surface area contributed by atoms with E-state index in [1.54, 1.807) is 11.6 Å². The van der Waals surface area contributed by atoms with Gasteiger partial charge in [-0.25, -0.2) is 9.67 Å². The summed E-state index contributed by atoms with van der Waals surface area (Å²) in [4.78, 5) is 20.6. The predicted molar refractivity (Wildman–Crippen MR) is 149 cm³/mol. The van der Waals surface area contributed by atoms with Crippen LogP contribution in [0.25, 0.3) is 16.8 Å². The summed E-state index contributed by atoms with van der Waals surface area (Å²) in [5, 5.41) is 4.20. The van der Waals surface area contributed by atoms with Gasteiger partial charge >= 0.3 is 0 Å². The van der Waals surface area contributed by atoms with Crippen LogP contribution >= 0.6 is 0 Å². The van der Waals surface area contributed by atoms with Crippen LogP contribution in [0.2, 0.25) is 0 Å². The van der Waals surface area contributed by atoms with Gasteiger partial charge in [0, 0.05) is 25.7 Å². The average molecular weight is 507 g/mol. The van der Waals surface area contributed by atoms with Gasteiger partial charge in [0.2, 0.25) is 5.82 Å². The number of aromatic nitrogens is 3. The van der Waals surface area contributed by atoms with Crippen molar-refractivity contribution in [3.05, 3.63) is 101 Å². The highest BCUT2D eigenvalue weighted by atomic mass is 16.1. The van der Waals surface area contributed by atoms with Crippen LogP contribution in [0.5, 0.6) is 0 Å². The van der Waals surface area contributed by atoms with Gasteiger partial charge < -0.3 is 10.6 Å². The Balaban J connectivity index is 1.08. The molecule has 2 N–H and O–H groups in total. The number of hydrogen-bond acceptors (Lipinski definition) is 5. The van der Waals surface area contributed by atoms with Crippen LogP contribution in [0.1, 0.15) is 39.6 Å². The summed E-state index contributed by atoms with van der Waals surface area (Å²) in [7, 11) is 2.25. The van der Waals surface area contributed by atoms with Crippen LogP contribution in [-0.4, -0.2) is 63.2 Å². The zero-order chi connectivity index (χ0) is 26.2. The molecule has 2 aliphatic rings. The largest absolute Gasteiger partial charge is 0.363 e. The smallest absolute Gasteiger partial charge is 0.288 e. The second-order valence-electron chi connectivity index (χ2n) is 10.8. The Morgan fingerprint density at radius 1 is 0.895 bits per heavy atom. The monoisotopic (exact) mass is 506 g/mol. The van der Waals surface area contributed by atoms with Crippen molar-refractivity contribution in [1.82, 2.24) is 24.6 Å². The highest BCUT2D eigenvalue weighted by Crippen LogP contribution is 2.32. The van der Waals surface area contributed by atoms with Crippen molar-refractivity contribution in [3.8, 4) is 16.8 Å². The molecule has 3 aromatic carbocycles. The van der Waals surface area contributed by atoms with Crippen LogP contribution in [0.15, 0.2) is 72.8 Å². The third-order valence-corrected chi connectivity index (χ3v) is 8.05. The standard InChI is InChI=1S/C31H34N6O/c1-21-33-31(30(32)38)34-37(21)28-13-7-23(8-14-28)17-22-3-9-25(10-4-22)26-11-5-24(6-12-26)18-36-16-15-27-19-35(2)20-29(27)36/h3-14,27,29H,15-20H2,1-2H3,(H2,32,38)/t27-,29?/m1/s1. The van der Waals surface area contributed by atoms with E-state index in [-0.39, 0.29) is 5.82 Å². The molecule has 1 unspecified atom stereocenters. The third kappa shape index (κ3) is 4.99. The molecule has 6 rings (SSSR count). The molecule has 2 aliphatic heterocycles. The lowest BCUT2D eigenvalue weighted by Crippen LogP contribution is -2.33.